The van der Waals surface area contributed by atoms with Crippen molar-refractivity contribution in [3.8, 4) is 6.07 Å². The van der Waals surface area contributed by atoms with Gasteiger partial charge >= 0.3 is 0 Å². The second kappa shape index (κ2) is 11.6. The predicted molar refractivity (Wildman–Crippen MR) is 138 cm³/mol. The van der Waals surface area contributed by atoms with Gasteiger partial charge in [0.2, 0.25) is 11.8 Å². The zero-order valence-corrected chi connectivity index (χ0v) is 21.2. The minimum absolute atomic E-state index is 0.0815. The van der Waals surface area contributed by atoms with Crippen molar-refractivity contribution in [3.05, 3.63) is 35.5 Å². The van der Waals surface area contributed by atoms with Crippen molar-refractivity contribution in [3.63, 3.8) is 0 Å². The summed E-state index contributed by atoms with van der Waals surface area (Å²) >= 11 is 0. The number of nitrogens with one attached hydrogen (secondary N) is 4. The molecule has 1 saturated heterocycles. The molecule has 4 rings (SSSR count). The first kappa shape index (κ1) is 25.7. The molecule has 0 radical (unpaired) electrons. The fraction of sp³-hybridized carbons (Fsp3) is 0.571. The van der Waals surface area contributed by atoms with Crippen molar-refractivity contribution in [2.24, 2.45) is 11.8 Å². The fourth-order valence-electron chi connectivity index (χ4n) is 5.47. The topological polar surface area (TPSA) is 127 Å². The number of amides is 3. The molecule has 0 spiro atoms. The van der Waals surface area contributed by atoms with Crippen molar-refractivity contribution in [2.45, 2.75) is 83.2 Å². The van der Waals surface area contributed by atoms with Crippen molar-refractivity contribution in [2.75, 3.05) is 6.54 Å². The summed E-state index contributed by atoms with van der Waals surface area (Å²) in [5.41, 5.74) is 2.62. The highest BCUT2D eigenvalue weighted by molar-refractivity contribution is 6.00. The number of H-pyrrole nitrogens is 1. The summed E-state index contributed by atoms with van der Waals surface area (Å²) in [7, 11) is 0. The molecular formula is C28H37N5O3. The van der Waals surface area contributed by atoms with Gasteiger partial charge in [-0.1, -0.05) is 39.2 Å². The van der Waals surface area contributed by atoms with E-state index in [2.05, 4.69) is 39.1 Å². The molecule has 2 fully saturated rings. The third kappa shape index (κ3) is 6.26. The van der Waals surface area contributed by atoms with Gasteiger partial charge in [-0.2, -0.15) is 5.26 Å². The summed E-state index contributed by atoms with van der Waals surface area (Å²) in [5, 5.41) is 18.9. The summed E-state index contributed by atoms with van der Waals surface area (Å²) in [4.78, 5) is 41.3. The first-order chi connectivity index (χ1) is 17.3. The van der Waals surface area contributed by atoms with E-state index in [0.717, 1.165) is 10.9 Å². The van der Waals surface area contributed by atoms with Crippen LogP contribution in [0.5, 0.6) is 0 Å². The van der Waals surface area contributed by atoms with Crippen LogP contribution in [0.3, 0.4) is 0 Å². The highest BCUT2D eigenvalue weighted by Crippen LogP contribution is 2.34. The van der Waals surface area contributed by atoms with E-state index in [9.17, 15) is 19.6 Å². The number of hydrogen-bond donors (Lipinski definition) is 4. The van der Waals surface area contributed by atoms with E-state index < -0.39 is 18.0 Å². The first-order valence-corrected chi connectivity index (χ1v) is 13.2. The Morgan fingerprint density at radius 3 is 2.56 bits per heavy atom. The Balaban J connectivity index is 1.43. The van der Waals surface area contributed by atoms with Crippen LogP contribution in [-0.4, -0.2) is 41.3 Å². The molecule has 2 aliphatic rings. The molecule has 8 nitrogen and oxygen atoms in total. The second-order valence-corrected chi connectivity index (χ2v) is 10.7. The Morgan fingerprint density at radius 1 is 1.11 bits per heavy atom. The lowest BCUT2D eigenvalue weighted by Gasteiger charge is -2.22. The van der Waals surface area contributed by atoms with Crippen LogP contribution in [0.15, 0.2) is 24.3 Å². The van der Waals surface area contributed by atoms with E-state index in [1.54, 1.807) is 0 Å². The van der Waals surface area contributed by atoms with Crippen molar-refractivity contribution in [1.29, 1.82) is 5.26 Å². The number of carbonyl (C=O) groups excluding carboxylic acids is 3. The fourth-order valence-corrected chi connectivity index (χ4v) is 5.47. The van der Waals surface area contributed by atoms with E-state index in [-0.39, 0.29) is 30.1 Å². The van der Waals surface area contributed by atoms with Gasteiger partial charge in [0.15, 0.2) is 0 Å². The number of fused-ring (bicyclic) bond motifs is 1. The van der Waals surface area contributed by atoms with Crippen LogP contribution in [0.1, 0.15) is 87.2 Å². The molecule has 1 aliphatic heterocycles. The molecule has 3 atom stereocenters. The zero-order chi connectivity index (χ0) is 25.7. The van der Waals surface area contributed by atoms with Crippen LogP contribution < -0.4 is 16.0 Å². The molecule has 8 heteroatoms. The van der Waals surface area contributed by atoms with Gasteiger partial charge in [0.25, 0.3) is 5.91 Å². The van der Waals surface area contributed by atoms with Crippen LogP contribution >= 0.6 is 0 Å². The third-order valence-electron chi connectivity index (χ3n) is 7.45. The molecule has 1 aliphatic carbocycles. The van der Waals surface area contributed by atoms with Gasteiger partial charge < -0.3 is 20.9 Å². The molecule has 1 saturated carbocycles. The first-order valence-electron chi connectivity index (χ1n) is 13.2. The van der Waals surface area contributed by atoms with E-state index in [1.165, 1.54) is 37.7 Å². The van der Waals surface area contributed by atoms with Crippen molar-refractivity contribution in [1.82, 2.24) is 20.9 Å². The van der Waals surface area contributed by atoms with Crippen LogP contribution in [0, 0.1) is 23.2 Å². The smallest absolute Gasteiger partial charge is 0.268 e. The van der Waals surface area contributed by atoms with Gasteiger partial charge in [0.1, 0.15) is 17.8 Å². The monoisotopic (exact) mass is 491 g/mol. The van der Waals surface area contributed by atoms with Gasteiger partial charge in [-0.15, -0.1) is 0 Å². The largest absolute Gasteiger partial charge is 0.356 e. The van der Waals surface area contributed by atoms with Gasteiger partial charge in [-0.3, -0.25) is 14.4 Å². The van der Waals surface area contributed by atoms with Crippen molar-refractivity contribution >= 4 is 28.6 Å². The number of rotatable bonds is 9. The minimum atomic E-state index is -0.788. The molecule has 192 valence electrons. The average Bonchev–Trinajstić information content (AvgIpc) is 3.48. The number of nitrogens with zero attached hydrogens (tertiary/aromatic N) is 1. The van der Waals surface area contributed by atoms with Crippen molar-refractivity contribution < 1.29 is 14.4 Å². The molecule has 4 N–H and O–H groups in total. The standard InChI is InChI=1S/C28H37N5O3/c1-17(2)12-24(27(35)31-22(16-29)14-20-10-11-30-26(20)34)33-28(36)25-15-21-13-19(8-9-23(21)32-25)18-6-4-3-5-7-18/h8-9,13,15,17-18,20,22,24,32H,3-7,10-12,14H2,1-2H3,(H,30,34)(H,31,35)(H,33,36)/t20-,22-,24-/m0/s1. The maximum absolute atomic E-state index is 13.1. The van der Waals surface area contributed by atoms with Gasteiger partial charge in [-0.05, 0) is 67.7 Å². The maximum atomic E-state index is 13.1. The predicted octanol–water partition coefficient (Wildman–Crippen LogP) is 3.89. The molecule has 1 aromatic heterocycles. The lowest BCUT2D eigenvalue weighted by Crippen LogP contribution is -2.50. The molecule has 3 amide bonds. The van der Waals surface area contributed by atoms with Crippen LogP contribution in [0.4, 0.5) is 0 Å². The lowest BCUT2D eigenvalue weighted by atomic mass is 9.84. The van der Waals surface area contributed by atoms with E-state index in [1.807, 2.05) is 26.0 Å². The van der Waals surface area contributed by atoms with E-state index >= 15 is 0 Å². The van der Waals surface area contributed by atoms with Crippen LogP contribution in [-0.2, 0) is 9.59 Å². The third-order valence-corrected chi connectivity index (χ3v) is 7.45. The SMILES string of the molecule is CC(C)C[C@H](NC(=O)c1cc2cc(C3CCCCC3)ccc2[nH]1)C(=O)N[C@H](C#N)C[C@@H]1CCNC1=O. The number of aromatic amines is 1. The van der Waals surface area contributed by atoms with Crippen LogP contribution in [0.25, 0.3) is 10.9 Å². The van der Waals surface area contributed by atoms with Crippen LogP contribution in [0.2, 0.25) is 0 Å². The Hall–Kier alpha value is -3.34. The summed E-state index contributed by atoms with van der Waals surface area (Å²) in [6.45, 7) is 4.55. The summed E-state index contributed by atoms with van der Waals surface area (Å²) in [5.74, 6) is -0.381. The zero-order valence-electron chi connectivity index (χ0n) is 21.2. The van der Waals surface area contributed by atoms with E-state index in [4.69, 9.17) is 0 Å². The maximum Gasteiger partial charge on any atom is 0.268 e. The molecule has 0 bridgehead atoms. The second-order valence-electron chi connectivity index (χ2n) is 10.7. The number of benzene rings is 1. The molecule has 2 aromatic rings. The summed E-state index contributed by atoms with van der Waals surface area (Å²) in [6, 6.07) is 8.73. The average molecular weight is 492 g/mol. The number of carbonyl (C=O) groups is 3. The molecule has 1 aromatic carbocycles. The summed E-state index contributed by atoms with van der Waals surface area (Å²) < 4.78 is 0. The van der Waals surface area contributed by atoms with Gasteiger partial charge in [-0.25, -0.2) is 0 Å². The van der Waals surface area contributed by atoms with Gasteiger partial charge in [0, 0.05) is 23.4 Å². The normalized spacial score (nSPS) is 20.1. The quantitative estimate of drug-likeness (QED) is 0.424. The Labute approximate surface area is 212 Å². The lowest BCUT2D eigenvalue weighted by molar-refractivity contribution is -0.125. The Morgan fingerprint density at radius 2 is 1.89 bits per heavy atom. The molecule has 2 heterocycles. The minimum Gasteiger partial charge on any atom is -0.356 e. The molecular weight excluding hydrogens is 454 g/mol. The molecule has 36 heavy (non-hydrogen) atoms. The summed E-state index contributed by atoms with van der Waals surface area (Å²) in [6.07, 6.45) is 7.63. The highest BCUT2D eigenvalue weighted by atomic mass is 16.2. The Kier molecular flexibility index (Phi) is 8.29. The van der Waals surface area contributed by atoms with E-state index in [0.29, 0.717) is 31.0 Å². The molecule has 0 unspecified atom stereocenters. The van der Waals surface area contributed by atoms with Gasteiger partial charge in [0.05, 0.1) is 6.07 Å². The number of aromatic nitrogens is 1. The highest BCUT2D eigenvalue weighted by Gasteiger charge is 2.30. The number of nitriles is 1. The Bertz CT molecular complexity index is 1140. The number of hydrogen-bond acceptors (Lipinski definition) is 4.